The minimum Gasteiger partial charge on any atom is -0.458 e. The second kappa shape index (κ2) is 8.01. The zero-order valence-corrected chi connectivity index (χ0v) is 21.0. The van der Waals surface area contributed by atoms with Crippen LogP contribution in [0.1, 0.15) is 56.8 Å². The maximum Gasteiger partial charge on any atom is 0.343 e. The molecule has 1 aliphatic heterocycles. The third kappa shape index (κ3) is 3.23. The highest BCUT2D eigenvalue weighted by Gasteiger charge is 2.78. The summed E-state index contributed by atoms with van der Waals surface area (Å²) < 4.78 is 17.4. The van der Waals surface area contributed by atoms with E-state index in [1.54, 1.807) is 12.1 Å². The molecular formula is C30H32O6. The van der Waals surface area contributed by atoms with Crippen molar-refractivity contribution in [3.8, 4) is 0 Å². The normalized spacial score (nSPS) is 39.4. The molecule has 4 aliphatic carbocycles. The van der Waals surface area contributed by atoms with Crippen LogP contribution in [0.4, 0.5) is 0 Å². The first kappa shape index (κ1) is 23.4. The highest BCUT2D eigenvalue weighted by molar-refractivity contribution is 5.90. The largest absolute Gasteiger partial charge is 0.458 e. The summed E-state index contributed by atoms with van der Waals surface area (Å²) in [6.45, 7) is 5.68. The van der Waals surface area contributed by atoms with E-state index < -0.39 is 5.97 Å². The molecule has 1 aromatic rings. The number of fused-ring (bicyclic) bond motifs is 3. The van der Waals surface area contributed by atoms with E-state index in [-0.39, 0.29) is 46.8 Å². The summed E-state index contributed by atoms with van der Waals surface area (Å²) >= 11 is 0. The van der Waals surface area contributed by atoms with Crippen molar-refractivity contribution in [2.75, 3.05) is 6.61 Å². The molecule has 188 valence electrons. The van der Waals surface area contributed by atoms with Gasteiger partial charge in [0.1, 0.15) is 18.0 Å². The van der Waals surface area contributed by atoms with Gasteiger partial charge in [0.25, 0.3) is 0 Å². The third-order valence-corrected chi connectivity index (χ3v) is 9.74. The zero-order valence-electron chi connectivity index (χ0n) is 21.0. The summed E-state index contributed by atoms with van der Waals surface area (Å²) in [4.78, 5) is 36.9. The fraction of sp³-hybridized carbons (Fsp3) is 0.500. The lowest BCUT2D eigenvalue weighted by Crippen LogP contribution is -2.56. The van der Waals surface area contributed by atoms with E-state index in [0.29, 0.717) is 23.2 Å². The van der Waals surface area contributed by atoms with Crippen molar-refractivity contribution in [1.82, 2.24) is 0 Å². The molecule has 0 bridgehead atoms. The topological polar surface area (TPSA) is 82.2 Å². The lowest BCUT2D eigenvalue weighted by atomic mass is 9.48. The van der Waals surface area contributed by atoms with Crippen LogP contribution in [0.5, 0.6) is 0 Å². The van der Waals surface area contributed by atoms with Gasteiger partial charge in [-0.25, -0.2) is 4.79 Å². The molecule has 6 rings (SSSR count). The first-order valence-corrected chi connectivity index (χ1v) is 12.9. The molecule has 2 saturated carbocycles. The number of benzene rings is 1. The third-order valence-electron chi connectivity index (χ3n) is 9.74. The van der Waals surface area contributed by atoms with Gasteiger partial charge in [-0.2, -0.15) is 0 Å². The first-order chi connectivity index (χ1) is 17.2. The smallest absolute Gasteiger partial charge is 0.343 e. The maximum absolute atomic E-state index is 13.0. The molecule has 0 amide bonds. The molecule has 1 heterocycles. The molecule has 0 N–H and O–H groups in total. The van der Waals surface area contributed by atoms with Crippen molar-refractivity contribution in [3.63, 3.8) is 0 Å². The second-order valence-electron chi connectivity index (χ2n) is 11.4. The molecule has 7 atom stereocenters. The highest BCUT2D eigenvalue weighted by atomic mass is 16.6. The van der Waals surface area contributed by atoms with E-state index in [4.69, 9.17) is 14.2 Å². The molecular weight excluding hydrogens is 456 g/mol. The standard InChI is InChI=1S/C30H32O6/c1-18(31)34-17-25(32)24-12-11-22-23-10-9-20-15-21(35-27(33)19-7-5-4-6-8-19)13-14-29(20,3)30(23)26(36-30)16-28(22,24)2/h4-9,13-15,22-24,26H,10-12,16-17H2,1-3H3. The fourth-order valence-corrected chi connectivity index (χ4v) is 8.00. The van der Waals surface area contributed by atoms with Crippen molar-refractivity contribution in [1.29, 1.82) is 0 Å². The van der Waals surface area contributed by atoms with Crippen LogP contribution in [0.3, 0.4) is 0 Å². The number of rotatable bonds is 5. The summed E-state index contributed by atoms with van der Waals surface area (Å²) in [5, 5.41) is 0. The van der Waals surface area contributed by atoms with Crippen LogP contribution in [-0.2, 0) is 23.8 Å². The number of ketones is 1. The summed E-state index contributed by atoms with van der Waals surface area (Å²) in [7, 11) is 0. The van der Waals surface area contributed by atoms with Gasteiger partial charge in [-0.1, -0.05) is 37.3 Å². The van der Waals surface area contributed by atoms with Gasteiger partial charge in [0, 0.05) is 18.3 Å². The molecule has 0 aromatic heterocycles. The molecule has 5 aliphatic rings. The molecule has 1 aromatic carbocycles. The first-order valence-electron chi connectivity index (χ1n) is 12.9. The van der Waals surface area contributed by atoms with Gasteiger partial charge in [-0.15, -0.1) is 0 Å². The van der Waals surface area contributed by atoms with Crippen molar-refractivity contribution >= 4 is 17.7 Å². The van der Waals surface area contributed by atoms with E-state index in [2.05, 4.69) is 26.0 Å². The number of Topliss-reactive ketones (excluding diaryl/α,β-unsaturated/α-hetero) is 1. The Morgan fingerprint density at radius 3 is 2.61 bits per heavy atom. The average molecular weight is 489 g/mol. The quantitative estimate of drug-likeness (QED) is 0.431. The number of hydrogen-bond acceptors (Lipinski definition) is 6. The fourth-order valence-electron chi connectivity index (χ4n) is 8.00. The summed E-state index contributed by atoms with van der Waals surface area (Å²) in [6.07, 6.45) is 11.9. The Hall–Kier alpha value is -2.99. The van der Waals surface area contributed by atoms with Gasteiger partial charge in [-0.05, 0) is 79.7 Å². The van der Waals surface area contributed by atoms with Crippen molar-refractivity contribution in [2.45, 2.75) is 58.2 Å². The average Bonchev–Trinajstić information content (AvgIpc) is 3.47. The number of allylic oxidation sites excluding steroid dienone is 3. The zero-order chi connectivity index (χ0) is 25.3. The second-order valence-corrected chi connectivity index (χ2v) is 11.4. The van der Waals surface area contributed by atoms with Crippen LogP contribution >= 0.6 is 0 Å². The Kier molecular flexibility index (Phi) is 5.21. The lowest BCUT2D eigenvalue weighted by molar-refractivity contribution is -0.148. The number of epoxide rings is 1. The Morgan fingerprint density at radius 2 is 1.86 bits per heavy atom. The predicted octanol–water partition coefficient (Wildman–Crippen LogP) is 4.96. The van der Waals surface area contributed by atoms with Crippen molar-refractivity contribution in [3.05, 3.63) is 71.5 Å². The van der Waals surface area contributed by atoms with E-state index in [0.717, 1.165) is 31.3 Å². The summed E-state index contributed by atoms with van der Waals surface area (Å²) in [5.41, 5.74) is 0.886. The Labute approximate surface area is 211 Å². The highest BCUT2D eigenvalue weighted by Crippen LogP contribution is 2.74. The Balaban J connectivity index is 1.25. The number of esters is 2. The SMILES string of the molecule is CC(=O)OCC(=O)C1CCC2C3CC=C4C=C(OC(=O)c5ccccc5)C=CC4(C)C34OC4CC12C. The molecule has 6 heteroatoms. The molecule has 36 heavy (non-hydrogen) atoms. The number of carbonyl (C=O) groups is 3. The van der Waals surface area contributed by atoms with E-state index in [1.165, 1.54) is 6.92 Å². The molecule has 1 spiro atoms. The van der Waals surface area contributed by atoms with E-state index in [1.807, 2.05) is 30.4 Å². The van der Waals surface area contributed by atoms with Gasteiger partial charge >= 0.3 is 11.9 Å². The maximum atomic E-state index is 13.0. The van der Waals surface area contributed by atoms with Gasteiger partial charge < -0.3 is 14.2 Å². The minimum absolute atomic E-state index is 0.0342. The predicted molar refractivity (Wildman–Crippen MR) is 132 cm³/mol. The van der Waals surface area contributed by atoms with Crippen LogP contribution in [0, 0.1) is 28.6 Å². The molecule has 6 nitrogen and oxygen atoms in total. The van der Waals surface area contributed by atoms with Crippen LogP contribution in [0.25, 0.3) is 0 Å². The molecule has 3 fully saturated rings. The van der Waals surface area contributed by atoms with Gasteiger partial charge in [-0.3, -0.25) is 9.59 Å². The molecule has 7 unspecified atom stereocenters. The molecule has 0 radical (unpaired) electrons. The van der Waals surface area contributed by atoms with E-state index >= 15 is 0 Å². The molecule has 1 saturated heterocycles. The van der Waals surface area contributed by atoms with Gasteiger partial charge in [0.15, 0.2) is 5.78 Å². The van der Waals surface area contributed by atoms with Crippen LogP contribution in [-0.4, -0.2) is 36.0 Å². The van der Waals surface area contributed by atoms with Crippen LogP contribution < -0.4 is 0 Å². The number of ether oxygens (including phenoxy) is 3. The Morgan fingerprint density at radius 1 is 1.08 bits per heavy atom. The minimum atomic E-state index is -0.417. The van der Waals surface area contributed by atoms with Crippen LogP contribution in [0.15, 0.2) is 66.0 Å². The number of carbonyl (C=O) groups excluding carboxylic acids is 3. The van der Waals surface area contributed by atoms with Crippen molar-refractivity contribution < 1.29 is 28.6 Å². The monoisotopic (exact) mass is 488 g/mol. The summed E-state index contributed by atoms with van der Waals surface area (Å²) in [6, 6.07) is 9.00. The summed E-state index contributed by atoms with van der Waals surface area (Å²) in [5.74, 6) is 0.365. The number of hydrogen-bond donors (Lipinski definition) is 0. The lowest BCUT2D eigenvalue weighted by Gasteiger charge is -2.53. The van der Waals surface area contributed by atoms with Gasteiger partial charge in [0.05, 0.1) is 11.7 Å². The van der Waals surface area contributed by atoms with Crippen molar-refractivity contribution in [2.24, 2.45) is 28.6 Å². The Bertz CT molecular complexity index is 1230. The van der Waals surface area contributed by atoms with E-state index in [9.17, 15) is 14.4 Å². The van der Waals surface area contributed by atoms with Gasteiger partial charge in [0.2, 0.25) is 0 Å². The van der Waals surface area contributed by atoms with Crippen LogP contribution in [0.2, 0.25) is 0 Å².